The summed E-state index contributed by atoms with van der Waals surface area (Å²) >= 11 is 0. The van der Waals surface area contributed by atoms with Crippen LogP contribution >= 0.6 is 0 Å². The molecule has 0 aliphatic heterocycles. The van der Waals surface area contributed by atoms with Gasteiger partial charge in [0.1, 0.15) is 0 Å². The first-order valence-corrected chi connectivity index (χ1v) is 7.10. The normalized spacial score (nSPS) is 11.3. The summed E-state index contributed by atoms with van der Waals surface area (Å²) in [6, 6.07) is 0. The minimum atomic E-state index is 0.294. The van der Waals surface area contributed by atoms with Crippen LogP contribution in [0.1, 0.15) is 39.5 Å². The molecule has 0 aliphatic rings. The Balaban J connectivity index is 4.05. The first-order chi connectivity index (χ1) is 8.47. The third-order valence-corrected chi connectivity index (χ3v) is 2.85. The molecular weight excluding hydrogens is 226 g/mol. The average Bonchev–Trinajstić information content (AvgIpc) is 2.29. The number of nitrogens with two attached hydrogens (primary N) is 1. The summed E-state index contributed by atoms with van der Waals surface area (Å²) in [6.45, 7) is 7.67. The number of hydrogen-bond donors (Lipinski definition) is 1. The van der Waals surface area contributed by atoms with E-state index < -0.39 is 0 Å². The summed E-state index contributed by atoms with van der Waals surface area (Å²) in [5.41, 5.74) is 5.45. The second-order valence-corrected chi connectivity index (χ2v) is 5.64. The van der Waals surface area contributed by atoms with Crippen molar-refractivity contribution in [1.82, 2.24) is 9.80 Å². The van der Waals surface area contributed by atoms with Crippen LogP contribution in [0.3, 0.4) is 0 Å². The van der Waals surface area contributed by atoms with E-state index in [0.29, 0.717) is 18.2 Å². The van der Waals surface area contributed by atoms with Crippen molar-refractivity contribution >= 4 is 5.91 Å². The Hall–Kier alpha value is -0.610. The van der Waals surface area contributed by atoms with Crippen molar-refractivity contribution in [3.8, 4) is 0 Å². The standard InChI is InChI=1S/C14H31N3O/c1-13(2)12-17(11-10-16(3)4)14(18)8-6-5-7-9-15/h13H,5-12,15H2,1-4H3. The van der Waals surface area contributed by atoms with Gasteiger partial charge in [-0.15, -0.1) is 0 Å². The second kappa shape index (κ2) is 10.3. The van der Waals surface area contributed by atoms with Crippen molar-refractivity contribution in [3.63, 3.8) is 0 Å². The van der Waals surface area contributed by atoms with Gasteiger partial charge in [-0.25, -0.2) is 0 Å². The molecule has 0 aromatic heterocycles. The topological polar surface area (TPSA) is 49.6 Å². The van der Waals surface area contributed by atoms with Gasteiger partial charge < -0.3 is 15.5 Å². The van der Waals surface area contributed by atoms with Crippen LogP contribution in [0.15, 0.2) is 0 Å². The summed E-state index contributed by atoms with van der Waals surface area (Å²) < 4.78 is 0. The van der Waals surface area contributed by atoms with E-state index >= 15 is 0 Å². The number of unbranched alkanes of at least 4 members (excludes halogenated alkanes) is 2. The fourth-order valence-corrected chi connectivity index (χ4v) is 1.83. The molecule has 0 radical (unpaired) electrons. The maximum Gasteiger partial charge on any atom is 0.222 e. The molecule has 0 saturated heterocycles. The molecule has 4 nitrogen and oxygen atoms in total. The molecule has 1 amide bonds. The van der Waals surface area contributed by atoms with Gasteiger partial charge in [-0.3, -0.25) is 4.79 Å². The largest absolute Gasteiger partial charge is 0.341 e. The Kier molecular flexibility index (Phi) is 9.98. The van der Waals surface area contributed by atoms with Gasteiger partial charge in [0.05, 0.1) is 0 Å². The molecule has 4 heteroatoms. The number of rotatable bonds is 10. The van der Waals surface area contributed by atoms with Gasteiger partial charge in [0.25, 0.3) is 0 Å². The SMILES string of the molecule is CC(C)CN(CCN(C)C)C(=O)CCCCCN. The van der Waals surface area contributed by atoms with Gasteiger partial charge in [0.15, 0.2) is 0 Å². The Bertz CT molecular complexity index is 217. The van der Waals surface area contributed by atoms with Crippen molar-refractivity contribution < 1.29 is 4.79 Å². The highest BCUT2D eigenvalue weighted by Crippen LogP contribution is 2.06. The lowest BCUT2D eigenvalue weighted by atomic mass is 10.1. The molecule has 2 N–H and O–H groups in total. The Morgan fingerprint density at radius 1 is 1.11 bits per heavy atom. The summed E-state index contributed by atoms with van der Waals surface area (Å²) in [5.74, 6) is 0.822. The van der Waals surface area contributed by atoms with Crippen molar-refractivity contribution in [2.24, 2.45) is 11.7 Å². The average molecular weight is 257 g/mol. The van der Waals surface area contributed by atoms with Crippen molar-refractivity contribution in [2.45, 2.75) is 39.5 Å². The van der Waals surface area contributed by atoms with Crippen LogP contribution in [0.25, 0.3) is 0 Å². The van der Waals surface area contributed by atoms with E-state index in [2.05, 4.69) is 18.7 Å². The van der Waals surface area contributed by atoms with Crippen LogP contribution in [0.2, 0.25) is 0 Å². The van der Waals surface area contributed by atoms with Gasteiger partial charge in [-0.1, -0.05) is 20.3 Å². The lowest BCUT2D eigenvalue weighted by molar-refractivity contribution is -0.132. The van der Waals surface area contributed by atoms with E-state index in [-0.39, 0.29) is 0 Å². The van der Waals surface area contributed by atoms with Crippen LogP contribution < -0.4 is 5.73 Å². The molecule has 0 unspecified atom stereocenters. The number of hydrogen-bond acceptors (Lipinski definition) is 3. The molecule has 0 saturated carbocycles. The van der Waals surface area contributed by atoms with E-state index in [0.717, 1.165) is 45.4 Å². The number of amides is 1. The smallest absolute Gasteiger partial charge is 0.222 e. The van der Waals surface area contributed by atoms with Crippen molar-refractivity contribution in [2.75, 3.05) is 40.3 Å². The fraction of sp³-hybridized carbons (Fsp3) is 0.929. The van der Waals surface area contributed by atoms with Crippen LogP contribution in [0.4, 0.5) is 0 Å². The van der Waals surface area contributed by atoms with E-state index in [1.807, 2.05) is 19.0 Å². The van der Waals surface area contributed by atoms with Crippen LogP contribution in [-0.4, -0.2) is 56.0 Å². The molecule has 0 spiro atoms. The van der Waals surface area contributed by atoms with Gasteiger partial charge in [-0.05, 0) is 39.4 Å². The van der Waals surface area contributed by atoms with Crippen molar-refractivity contribution in [1.29, 1.82) is 0 Å². The molecule has 18 heavy (non-hydrogen) atoms. The number of likely N-dealkylation sites (N-methyl/N-ethyl adjacent to an activating group) is 1. The molecule has 0 fully saturated rings. The monoisotopic (exact) mass is 257 g/mol. The predicted molar refractivity (Wildman–Crippen MR) is 77.5 cm³/mol. The molecule has 0 aliphatic carbocycles. The first-order valence-electron chi connectivity index (χ1n) is 7.10. The van der Waals surface area contributed by atoms with E-state index in [9.17, 15) is 4.79 Å². The summed E-state index contributed by atoms with van der Waals surface area (Å²) in [7, 11) is 4.08. The van der Waals surface area contributed by atoms with Crippen molar-refractivity contribution in [3.05, 3.63) is 0 Å². The molecule has 0 atom stereocenters. The molecule has 0 heterocycles. The van der Waals surface area contributed by atoms with E-state index in [1.54, 1.807) is 0 Å². The molecule has 108 valence electrons. The number of carbonyl (C=O) groups excluding carboxylic acids is 1. The Morgan fingerprint density at radius 3 is 2.28 bits per heavy atom. The second-order valence-electron chi connectivity index (χ2n) is 5.64. The quantitative estimate of drug-likeness (QED) is 0.604. The van der Waals surface area contributed by atoms with Crippen LogP contribution in [0, 0.1) is 5.92 Å². The third-order valence-electron chi connectivity index (χ3n) is 2.85. The highest BCUT2D eigenvalue weighted by Gasteiger charge is 2.14. The minimum Gasteiger partial charge on any atom is -0.341 e. The lowest BCUT2D eigenvalue weighted by Crippen LogP contribution is -2.38. The Morgan fingerprint density at radius 2 is 1.78 bits per heavy atom. The van der Waals surface area contributed by atoms with Crippen LogP contribution in [0.5, 0.6) is 0 Å². The van der Waals surface area contributed by atoms with E-state index in [4.69, 9.17) is 5.73 Å². The lowest BCUT2D eigenvalue weighted by Gasteiger charge is -2.26. The van der Waals surface area contributed by atoms with Gasteiger partial charge in [-0.2, -0.15) is 0 Å². The number of carbonyl (C=O) groups is 1. The first kappa shape index (κ1) is 17.4. The van der Waals surface area contributed by atoms with Gasteiger partial charge >= 0.3 is 0 Å². The maximum atomic E-state index is 12.1. The molecule has 0 bridgehead atoms. The zero-order chi connectivity index (χ0) is 14.0. The predicted octanol–water partition coefficient (Wildman–Crippen LogP) is 1.55. The Labute approximate surface area is 113 Å². The molecular formula is C14H31N3O. The minimum absolute atomic E-state index is 0.294. The fourth-order valence-electron chi connectivity index (χ4n) is 1.83. The molecule has 0 rings (SSSR count). The molecule has 0 aromatic carbocycles. The number of nitrogens with zero attached hydrogens (tertiary/aromatic N) is 2. The van der Waals surface area contributed by atoms with Gasteiger partial charge in [0.2, 0.25) is 5.91 Å². The highest BCUT2D eigenvalue weighted by atomic mass is 16.2. The van der Waals surface area contributed by atoms with Gasteiger partial charge in [0, 0.05) is 26.1 Å². The molecule has 0 aromatic rings. The summed E-state index contributed by atoms with van der Waals surface area (Å²) in [6.07, 6.45) is 3.72. The maximum absolute atomic E-state index is 12.1. The third kappa shape index (κ3) is 9.42. The zero-order valence-electron chi connectivity index (χ0n) is 12.6. The van der Waals surface area contributed by atoms with Crippen LogP contribution in [-0.2, 0) is 4.79 Å². The highest BCUT2D eigenvalue weighted by molar-refractivity contribution is 5.76. The summed E-state index contributed by atoms with van der Waals surface area (Å²) in [4.78, 5) is 16.3. The summed E-state index contributed by atoms with van der Waals surface area (Å²) in [5, 5.41) is 0. The van der Waals surface area contributed by atoms with E-state index in [1.165, 1.54) is 0 Å². The zero-order valence-corrected chi connectivity index (χ0v) is 12.6.